The average Bonchev–Trinajstić information content (AvgIpc) is 2.92. The van der Waals surface area contributed by atoms with Crippen LogP contribution in [0.15, 0.2) is 54.6 Å². The van der Waals surface area contributed by atoms with E-state index in [0.717, 1.165) is 35.3 Å². The van der Waals surface area contributed by atoms with Crippen LogP contribution in [0.2, 0.25) is 0 Å². The molecule has 0 radical (unpaired) electrons. The van der Waals surface area contributed by atoms with E-state index in [4.69, 9.17) is 4.74 Å². The molecular weight excluding hydrogens is 392 g/mol. The second kappa shape index (κ2) is 6.70. The summed E-state index contributed by atoms with van der Waals surface area (Å²) in [5, 5.41) is 0. The molecule has 0 aliphatic carbocycles. The van der Waals surface area contributed by atoms with E-state index >= 15 is 0 Å². The van der Waals surface area contributed by atoms with Gasteiger partial charge in [-0.2, -0.15) is 26.3 Å². The van der Waals surface area contributed by atoms with Crippen molar-refractivity contribution in [2.24, 2.45) is 0 Å². The fourth-order valence-electron chi connectivity index (χ4n) is 2.61. The lowest BCUT2D eigenvalue weighted by Gasteiger charge is -2.20. The van der Waals surface area contributed by atoms with Gasteiger partial charge in [0.15, 0.2) is 0 Å². The molecule has 2 aromatic rings. The molecule has 0 fully saturated rings. The molecule has 0 N–H and O–H groups in total. The third kappa shape index (κ3) is 3.71. The molecule has 146 valence electrons. The lowest BCUT2D eigenvalue weighted by atomic mass is 10.1. The Hall–Kier alpha value is -3.30. The van der Waals surface area contributed by atoms with E-state index in [-0.39, 0.29) is 11.4 Å². The number of nitrogens with zero attached hydrogens (tertiary/aromatic N) is 1. The zero-order valence-corrected chi connectivity index (χ0v) is 13.6. The molecule has 2 amide bonds. The number of amides is 2. The summed E-state index contributed by atoms with van der Waals surface area (Å²) in [6.07, 6.45) is -8.56. The van der Waals surface area contributed by atoms with Gasteiger partial charge in [0.1, 0.15) is 17.1 Å². The number of hydrogen-bond donors (Lipinski definition) is 0. The number of benzene rings is 2. The minimum atomic E-state index is -5.33. The molecule has 0 saturated heterocycles. The highest BCUT2D eigenvalue weighted by molar-refractivity contribution is 6.28. The van der Waals surface area contributed by atoms with Crippen LogP contribution in [0.3, 0.4) is 0 Å². The normalized spacial score (nSPS) is 14.7. The number of anilines is 1. The monoisotopic (exact) mass is 401 g/mol. The van der Waals surface area contributed by atoms with Crippen molar-refractivity contribution >= 4 is 17.5 Å². The van der Waals surface area contributed by atoms with Gasteiger partial charge >= 0.3 is 12.4 Å². The SMILES string of the molecule is O=C1C=CC(=O)N1c1cccc(Oc2cccc(C(F)(F)F)c2C(F)(F)F)c1. The first-order valence-corrected chi connectivity index (χ1v) is 7.60. The maximum absolute atomic E-state index is 13.3. The number of carbonyl (C=O) groups is 2. The first-order chi connectivity index (χ1) is 13.0. The van der Waals surface area contributed by atoms with Gasteiger partial charge < -0.3 is 4.74 Å². The van der Waals surface area contributed by atoms with Crippen molar-refractivity contribution in [3.8, 4) is 11.5 Å². The summed E-state index contributed by atoms with van der Waals surface area (Å²) in [6.45, 7) is 0. The predicted molar refractivity (Wildman–Crippen MR) is 84.6 cm³/mol. The Morgan fingerprint density at radius 3 is 1.96 bits per heavy atom. The van der Waals surface area contributed by atoms with Crippen molar-refractivity contribution in [3.05, 3.63) is 65.7 Å². The number of rotatable bonds is 3. The molecule has 1 aliphatic heterocycles. The smallest absolute Gasteiger partial charge is 0.420 e. The Bertz CT molecular complexity index is 960. The lowest BCUT2D eigenvalue weighted by Crippen LogP contribution is -2.29. The molecule has 0 aromatic heterocycles. The predicted octanol–water partition coefficient (Wildman–Crippen LogP) is 4.95. The highest BCUT2D eigenvalue weighted by Gasteiger charge is 2.45. The maximum atomic E-state index is 13.3. The first kappa shape index (κ1) is 19.5. The molecule has 28 heavy (non-hydrogen) atoms. The summed E-state index contributed by atoms with van der Waals surface area (Å²) >= 11 is 0. The van der Waals surface area contributed by atoms with Crippen LogP contribution in [0.25, 0.3) is 0 Å². The van der Waals surface area contributed by atoms with Gasteiger partial charge in [0.25, 0.3) is 11.8 Å². The fraction of sp³-hybridized carbons (Fsp3) is 0.111. The third-order valence-corrected chi connectivity index (χ3v) is 3.73. The summed E-state index contributed by atoms with van der Waals surface area (Å²) in [6, 6.07) is 6.70. The van der Waals surface area contributed by atoms with Crippen LogP contribution < -0.4 is 9.64 Å². The van der Waals surface area contributed by atoms with Crippen molar-refractivity contribution in [1.29, 1.82) is 0 Å². The summed E-state index contributed by atoms with van der Waals surface area (Å²) in [5.74, 6) is -2.68. The van der Waals surface area contributed by atoms with Gasteiger partial charge in [-0.1, -0.05) is 12.1 Å². The second-order valence-electron chi connectivity index (χ2n) is 5.62. The third-order valence-electron chi connectivity index (χ3n) is 3.73. The topological polar surface area (TPSA) is 46.6 Å². The molecule has 2 aromatic carbocycles. The van der Waals surface area contributed by atoms with Crippen molar-refractivity contribution in [1.82, 2.24) is 0 Å². The minimum absolute atomic E-state index is 0.00182. The van der Waals surface area contributed by atoms with E-state index in [9.17, 15) is 35.9 Å². The average molecular weight is 401 g/mol. The maximum Gasteiger partial charge on any atom is 0.420 e. The number of hydrogen-bond acceptors (Lipinski definition) is 3. The minimum Gasteiger partial charge on any atom is -0.457 e. The molecule has 10 heteroatoms. The van der Waals surface area contributed by atoms with Crippen LogP contribution in [0, 0.1) is 0 Å². The molecule has 3 rings (SSSR count). The molecule has 1 aliphatic rings. The van der Waals surface area contributed by atoms with E-state index < -0.39 is 41.0 Å². The van der Waals surface area contributed by atoms with Crippen molar-refractivity contribution in [2.75, 3.05) is 4.90 Å². The Balaban J connectivity index is 2.02. The van der Waals surface area contributed by atoms with E-state index in [2.05, 4.69) is 0 Å². The summed E-state index contributed by atoms with van der Waals surface area (Å²) in [5.41, 5.74) is -3.86. The summed E-state index contributed by atoms with van der Waals surface area (Å²) in [7, 11) is 0. The second-order valence-corrected chi connectivity index (χ2v) is 5.62. The summed E-state index contributed by atoms with van der Waals surface area (Å²) < 4.78 is 83.9. The number of alkyl halides is 6. The van der Waals surface area contributed by atoms with Crippen LogP contribution in [-0.4, -0.2) is 11.8 Å². The van der Waals surface area contributed by atoms with Crippen LogP contribution >= 0.6 is 0 Å². The van der Waals surface area contributed by atoms with E-state index in [1.165, 1.54) is 18.2 Å². The molecule has 0 spiro atoms. The molecular formula is C18H9F6NO3. The Morgan fingerprint density at radius 2 is 1.39 bits per heavy atom. The van der Waals surface area contributed by atoms with Crippen LogP contribution in [0.1, 0.15) is 11.1 Å². The number of halogens is 6. The summed E-state index contributed by atoms with van der Waals surface area (Å²) in [4.78, 5) is 24.1. The van der Waals surface area contributed by atoms with Gasteiger partial charge in [0.2, 0.25) is 0 Å². The van der Waals surface area contributed by atoms with Crippen molar-refractivity contribution in [2.45, 2.75) is 12.4 Å². The van der Waals surface area contributed by atoms with Crippen LogP contribution in [0.4, 0.5) is 32.0 Å². The number of imide groups is 1. The number of ether oxygens (including phenoxy) is 1. The molecule has 1 heterocycles. The molecule has 0 unspecified atom stereocenters. The van der Waals surface area contributed by atoms with Gasteiger partial charge in [-0.3, -0.25) is 9.59 Å². The van der Waals surface area contributed by atoms with E-state index in [0.29, 0.717) is 6.07 Å². The lowest BCUT2D eigenvalue weighted by molar-refractivity contribution is -0.162. The van der Waals surface area contributed by atoms with Crippen molar-refractivity contribution in [3.63, 3.8) is 0 Å². The van der Waals surface area contributed by atoms with Gasteiger partial charge in [-0.25, -0.2) is 4.90 Å². The van der Waals surface area contributed by atoms with Crippen LogP contribution in [0.5, 0.6) is 11.5 Å². The number of carbonyl (C=O) groups excluding carboxylic acids is 2. The fourth-order valence-corrected chi connectivity index (χ4v) is 2.61. The van der Waals surface area contributed by atoms with Gasteiger partial charge in [-0.15, -0.1) is 0 Å². The Kier molecular flexibility index (Phi) is 4.66. The van der Waals surface area contributed by atoms with Crippen molar-refractivity contribution < 1.29 is 40.7 Å². The van der Waals surface area contributed by atoms with Crippen LogP contribution in [-0.2, 0) is 21.9 Å². The standard InChI is InChI=1S/C18H9F6NO3/c19-17(20,21)12-5-2-6-13(16(12)18(22,23)24)28-11-4-1-3-10(9-11)25-14(26)7-8-15(25)27/h1-9H. The van der Waals surface area contributed by atoms with E-state index in [1.54, 1.807) is 0 Å². The highest BCUT2D eigenvalue weighted by atomic mass is 19.4. The van der Waals surface area contributed by atoms with E-state index in [1.807, 2.05) is 0 Å². The van der Waals surface area contributed by atoms with Gasteiger partial charge in [0, 0.05) is 18.2 Å². The molecule has 4 nitrogen and oxygen atoms in total. The Morgan fingerprint density at radius 1 is 0.786 bits per heavy atom. The first-order valence-electron chi connectivity index (χ1n) is 7.60. The zero-order valence-electron chi connectivity index (χ0n) is 13.6. The highest BCUT2D eigenvalue weighted by Crippen LogP contribution is 2.46. The molecule has 0 bridgehead atoms. The van der Waals surface area contributed by atoms with Gasteiger partial charge in [0.05, 0.1) is 11.3 Å². The quantitative estimate of drug-likeness (QED) is 0.540. The zero-order chi connectivity index (χ0) is 20.7. The Labute approximate surface area is 153 Å². The largest absolute Gasteiger partial charge is 0.457 e. The van der Waals surface area contributed by atoms with Gasteiger partial charge in [-0.05, 0) is 24.3 Å². The molecule has 0 saturated carbocycles. The molecule has 0 atom stereocenters.